The largest absolute Gasteiger partial charge is 0.376 e. The lowest BCUT2D eigenvalue weighted by atomic mass is 9.94. The van der Waals surface area contributed by atoms with Gasteiger partial charge in [0.25, 0.3) is 0 Å². The number of thiol groups is 1. The minimum atomic E-state index is 0.299. The van der Waals surface area contributed by atoms with Crippen LogP contribution in [0.2, 0.25) is 0 Å². The number of ether oxygens (including phenoxy) is 1. The standard InChI is InChI=1S/C12H25NOS/c1-5-11-7-14-10(2)6-13(11)8-12(3,4)9-15/h10-11,15H,5-9H2,1-4H3. The van der Waals surface area contributed by atoms with Gasteiger partial charge in [0.1, 0.15) is 0 Å². The van der Waals surface area contributed by atoms with Gasteiger partial charge in [-0.15, -0.1) is 0 Å². The molecule has 1 aliphatic heterocycles. The second kappa shape index (κ2) is 5.55. The van der Waals surface area contributed by atoms with Gasteiger partial charge >= 0.3 is 0 Å². The SMILES string of the molecule is CCC1COC(C)CN1CC(C)(C)CS. The summed E-state index contributed by atoms with van der Waals surface area (Å²) in [4.78, 5) is 2.57. The molecule has 0 N–H and O–H groups in total. The highest BCUT2D eigenvalue weighted by molar-refractivity contribution is 7.80. The number of hydrogen-bond acceptors (Lipinski definition) is 3. The summed E-state index contributed by atoms with van der Waals surface area (Å²) in [5, 5.41) is 0. The summed E-state index contributed by atoms with van der Waals surface area (Å²) < 4.78 is 5.70. The Balaban J connectivity index is 2.55. The van der Waals surface area contributed by atoms with Crippen molar-refractivity contribution in [3.05, 3.63) is 0 Å². The fraction of sp³-hybridized carbons (Fsp3) is 1.00. The first-order chi connectivity index (χ1) is 6.98. The second-order valence-corrected chi connectivity index (χ2v) is 5.77. The van der Waals surface area contributed by atoms with Crippen LogP contribution in [-0.2, 0) is 4.74 Å². The van der Waals surface area contributed by atoms with Crippen molar-refractivity contribution in [3.8, 4) is 0 Å². The molecule has 1 rings (SSSR count). The van der Waals surface area contributed by atoms with E-state index in [2.05, 4.69) is 45.2 Å². The van der Waals surface area contributed by atoms with Crippen molar-refractivity contribution in [2.24, 2.45) is 5.41 Å². The van der Waals surface area contributed by atoms with E-state index in [4.69, 9.17) is 4.74 Å². The molecule has 0 radical (unpaired) electrons. The van der Waals surface area contributed by atoms with Crippen LogP contribution in [0.1, 0.15) is 34.1 Å². The fourth-order valence-corrected chi connectivity index (χ4v) is 2.18. The number of nitrogens with zero attached hydrogens (tertiary/aromatic N) is 1. The molecule has 0 bridgehead atoms. The van der Waals surface area contributed by atoms with Gasteiger partial charge in [0, 0.05) is 19.1 Å². The van der Waals surface area contributed by atoms with Crippen LogP contribution in [0.15, 0.2) is 0 Å². The first-order valence-corrected chi connectivity index (χ1v) is 6.58. The van der Waals surface area contributed by atoms with Gasteiger partial charge in [-0.1, -0.05) is 20.8 Å². The summed E-state index contributed by atoms with van der Waals surface area (Å²) in [6.45, 7) is 12.1. The molecule has 0 saturated carbocycles. The minimum absolute atomic E-state index is 0.299. The van der Waals surface area contributed by atoms with Crippen LogP contribution in [0.25, 0.3) is 0 Å². The van der Waals surface area contributed by atoms with E-state index in [0.29, 0.717) is 17.6 Å². The predicted octanol–water partition coefficient (Wildman–Crippen LogP) is 2.44. The Morgan fingerprint density at radius 2 is 2.13 bits per heavy atom. The maximum Gasteiger partial charge on any atom is 0.0674 e. The van der Waals surface area contributed by atoms with E-state index >= 15 is 0 Å². The summed E-state index contributed by atoms with van der Waals surface area (Å²) in [6.07, 6.45) is 1.55. The molecule has 2 nitrogen and oxygen atoms in total. The Kier molecular flexibility index (Phi) is 4.94. The Hall–Kier alpha value is 0.270. The molecular formula is C12H25NOS. The molecule has 0 amide bonds. The molecule has 0 spiro atoms. The van der Waals surface area contributed by atoms with E-state index in [0.717, 1.165) is 25.4 Å². The van der Waals surface area contributed by atoms with Crippen molar-refractivity contribution < 1.29 is 4.74 Å². The van der Waals surface area contributed by atoms with Gasteiger partial charge in [-0.2, -0.15) is 12.6 Å². The first-order valence-electron chi connectivity index (χ1n) is 5.95. The monoisotopic (exact) mass is 231 g/mol. The van der Waals surface area contributed by atoms with Gasteiger partial charge in [-0.05, 0) is 24.5 Å². The van der Waals surface area contributed by atoms with E-state index in [9.17, 15) is 0 Å². The normalized spacial score (nSPS) is 29.4. The summed E-state index contributed by atoms with van der Waals surface area (Å²) in [6, 6.07) is 0.598. The Morgan fingerprint density at radius 1 is 1.47 bits per heavy atom. The Labute approximate surface area is 99.8 Å². The molecule has 0 aliphatic carbocycles. The summed E-state index contributed by atoms with van der Waals surface area (Å²) in [5.41, 5.74) is 0.299. The van der Waals surface area contributed by atoms with Crippen LogP contribution in [-0.4, -0.2) is 42.5 Å². The lowest BCUT2D eigenvalue weighted by molar-refractivity contribution is -0.0648. The average Bonchev–Trinajstić information content (AvgIpc) is 2.18. The topological polar surface area (TPSA) is 12.5 Å². The van der Waals surface area contributed by atoms with Crippen molar-refractivity contribution in [2.45, 2.75) is 46.3 Å². The lowest BCUT2D eigenvalue weighted by Crippen LogP contribution is -2.51. The van der Waals surface area contributed by atoms with E-state index < -0.39 is 0 Å². The molecule has 15 heavy (non-hydrogen) atoms. The molecule has 0 aromatic rings. The van der Waals surface area contributed by atoms with Gasteiger partial charge in [-0.3, -0.25) is 4.90 Å². The average molecular weight is 231 g/mol. The molecule has 2 atom stereocenters. The van der Waals surface area contributed by atoms with Crippen LogP contribution in [0.5, 0.6) is 0 Å². The molecule has 1 heterocycles. The molecule has 2 unspecified atom stereocenters. The van der Waals surface area contributed by atoms with E-state index in [1.54, 1.807) is 0 Å². The molecule has 1 saturated heterocycles. The number of hydrogen-bond donors (Lipinski definition) is 1. The quantitative estimate of drug-likeness (QED) is 0.746. The highest BCUT2D eigenvalue weighted by Gasteiger charge is 2.29. The smallest absolute Gasteiger partial charge is 0.0674 e. The van der Waals surface area contributed by atoms with Crippen LogP contribution in [0.3, 0.4) is 0 Å². The fourth-order valence-electron chi connectivity index (χ4n) is 2.08. The molecule has 90 valence electrons. The van der Waals surface area contributed by atoms with Crippen molar-refractivity contribution in [2.75, 3.05) is 25.4 Å². The third-order valence-corrected chi connectivity index (χ3v) is 3.97. The maximum absolute atomic E-state index is 5.70. The molecule has 1 fully saturated rings. The Bertz CT molecular complexity index is 196. The number of rotatable bonds is 4. The maximum atomic E-state index is 5.70. The molecule has 0 aromatic heterocycles. The number of morpholine rings is 1. The lowest BCUT2D eigenvalue weighted by Gasteiger charge is -2.42. The second-order valence-electron chi connectivity index (χ2n) is 5.46. The van der Waals surface area contributed by atoms with Crippen molar-refractivity contribution in [3.63, 3.8) is 0 Å². The third-order valence-electron chi connectivity index (χ3n) is 3.11. The van der Waals surface area contributed by atoms with Crippen LogP contribution in [0.4, 0.5) is 0 Å². The first kappa shape index (κ1) is 13.3. The van der Waals surface area contributed by atoms with Gasteiger partial charge in [0.15, 0.2) is 0 Å². The highest BCUT2D eigenvalue weighted by Crippen LogP contribution is 2.23. The summed E-state index contributed by atoms with van der Waals surface area (Å²) in [5.74, 6) is 0.940. The molecule has 1 aliphatic rings. The van der Waals surface area contributed by atoms with Gasteiger partial charge < -0.3 is 4.74 Å². The van der Waals surface area contributed by atoms with Crippen LogP contribution in [0, 0.1) is 5.41 Å². The van der Waals surface area contributed by atoms with Crippen LogP contribution < -0.4 is 0 Å². The van der Waals surface area contributed by atoms with Crippen molar-refractivity contribution in [1.82, 2.24) is 4.90 Å². The Morgan fingerprint density at radius 3 is 2.67 bits per heavy atom. The van der Waals surface area contributed by atoms with Gasteiger partial charge in [0.2, 0.25) is 0 Å². The van der Waals surface area contributed by atoms with E-state index in [-0.39, 0.29) is 0 Å². The van der Waals surface area contributed by atoms with Crippen LogP contribution >= 0.6 is 12.6 Å². The summed E-state index contributed by atoms with van der Waals surface area (Å²) in [7, 11) is 0. The van der Waals surface area contributed by atoms with Crippen molar-refractivity contribution in [1.29, 1.82) is 0 Å². The summed E-state index contributed by atoms with van der Waals surface area (Å²) >= 11 is 4.42. The third kappa shape index (κ3) is 3.97. The predicted molar refractivity (Wildman–Crippen MR) is 68.7 cm³/mol. The molecule has 0 aromatic carbocycles. The zero-order chi connectivity index (χ0) is 11.5. The zero-order valence-corrected chi connectivity index (χ0v) is 11.4. The van der Waals surface area contributed by atoms with Crippen molar-refractivity contribution >= 4 is 12.6 Å². The van der Waals surface area contributed by atoms with Gasteiger partial charge in [-0.25, -0.2) is 0 Å². The van der Waals surface area contributed by atoms with E-state index in [1.807, 2.05) is 0 Å². The molecular weight excluding hydrogens is 206 g/mol. The zero-order valence-electron chi connectivity index (χ0n) is 10.5. The molecule has 3 heteroatoms. The minimum Gasteiger partial charge on any atom is -0.376 e. The van der Waals surface area contributed by atoms with Gasteiger partial charge in [0.05, 0.1) is 12.7 Å². The highest BCUT2D eigenvalue weighted by atomic mass is 32.1. The van der Waals surface area contributed by atoms with E-state index in [1.165, 1.54) is 6.42 Å².